The van der Waals surface area contributed by atoms with Crippen LogP contribution in [0.4, 0.5) is 13.6 Å². The van der Waals surface area contributed by atoms with Gasteiger partial charge in [0.15, 0.2) is 0 Å². The number of nitrogens with one attached hydrogen (secondary N) is 2. The van der Waals surface area contributed by atoms with Crippen molar-refractivity contribution < 1.29 is 37.7 Å². The lowest BCUT2D eigenvalue weighted by Gasteiger charge is -2.25. The molecule has 214 valence electrons. The number of carboxylic acids is 1. The van der Waals surface area contributed by atoms with Crippen molar-refractivity contribution in [1.82, 2.24) is 10.6 Å². The van der Waals surface area contributed by atoms with Crippen LogP contribution in [0.1, 0.15) is 29.5 Å². The van der Waals surface area contributed by atoms with E-state index >= 15 is 0 Å². The molecule has 0 aromatic heterocycles. The highest BCUT2D eigenvalue weighted by Crippen LogP contribution is 2.54. The summed E-state index contributed by atoms with van der Waals surface area (Å²) in [6, 6.07) is 23.6. The largest absolute Gasteiger partial charge is 0.481 e. The molecule has 2 aliphatic carbocycles. The number of carbonyl (C=O) groups is 3. The number of carbonyl (C=O) groups excluding carboxylic acids is 2. The lowest BCUT2D eigenvalue weighted by Crippen LogP contribution is -2.53. The summed E-state index contributed by atoms with van der Waals surface area (Å²) in [4.78, 5) is 37.1. The second kappa shape index (κ2) is 11.7. The van der Waals surface area contributed by atoms with Gasteiger partial charge in [-0.2, -0.15) is 0 Å². The molecule has 3 aromatic carbocycles. The molecule has 0 saturated heterocycles. The summed E-state index contributed by atoms with van der Waals surface area (Å²) >= 11 is 0. The number of fused-ring (bicyclic) bond motifs is 3. The van der Waals surface area contributed by atoms with E-state index in [1.54, 1.807) is 6.92 Å². The van der Waals surface area contributed by atoms with Gasteiger partial charge in [-0.15, -0.1) is 0 Å². The van der Waals surface area contributed by atoms with Crippen LogP contribution in [0.2, 0.25) is 0 Å². The molecule has 1 saturated carbocycles. The first-order chi connectivity index (χ1) is 19.7. The van der Waals surface area contributed by atoms with Crippen LogP contribution in [-0.2, 0) is 25.7 Å². The predicted octanol–water partition coefficient (Wildman–Crippen LogP) is 4.58. The third-order valence-electron chi connectivity index (χ3n) is 7.69. The van der Waals surface area contributed by atoms with Crippen LogP contribution in [0.15, 0.2) is 78.9 Å². The smallest absolute Gasteiger partial charge is 0.407 e. The van der Waals surface area contributed by atoms with E-state index in [9.17, 15) is 23.2 Å². The average molecular weight is 565 g/mol. The second-order valence-electron chi connectivity index (χ2n) is 10.3. The first-order valence-corrected chi connectivity index (χ1v) is 13.3. The van der Waals surface area contributed by atoms with Crippen LogP contribution < -0.4 is 10.6 Å². The molecule has 2 amide bonds. The van der Waals surface area contributed by atoms with Gasteiger partial charge in [0, 0.05) is 12.5 Å². The zero-order valence-corrected chi connectivity index (χ0v) is 22.3. The molecule has 2 aliphatic rings. The minimum atomic E-state index is -3.41. The topological polar surface area (TPSA) is 114 Å². The minimum absolute atomic E-state index is 0.0159. The summed E-state index contributed by atoms with van der Waals surface area (Å²) < 4.78 is 39.1. The molecular formula is C31H30F2N2O6. The van der Waals surface area contributed by atoms with E-state index in [0.717, 1.165) is 27.8 Å². The second-order valence-corrected chi connectivity index (χ2v) is 10.3. The molecule has 10 heteroatoms. The van der Waals surface area contributed by atoms with Crippen molar-refractivity contribution in [2.45, 2.75) is 37.5 Å². The van der Waals surface area contributed by atoms with E-state index in [4.69, 9.17) is 14.6 Å². The number of halogens is 2. The van der Waals surface area contributed by atoms with Gasteiger partial charge in [-0.1, -0.05) is 78.9 Å². The monoisotopic (exact) mass is 564 g/mol. The summed E-state index contributed by atoms with van der Waals surface area (Å²) in [7, 11) is 0. The molecule has 41 heavy (non-hydrogen) atoms. The maximum absolute atomic E-state index is 13.9. The fourth-order valence-corrected chi connectivity index (χ4v) is 5.36. The fraction of sp³-hybridized carbons (Fsp3) is 0.323. The Balaban J connectivity index is 1.24. The number of amides is 2. The highest BCUT2D eigenvalue weighted by atomic mass is 19.3. The van der Waals surface area contributed by atoms with Crippen LogP contribution in [0, 0.1) is 11.8 Å². The zero-order valence-electron chi connectivity index (χ0n) is 22.3. The minimum Gasteiger partial charge on any atom is -0.481 e. The van der Waals surface area contributed by atoms with Gasteiger partial charge in [0.2, 0.25) is 5.91 Å². The number of ether oxygens (including phenoxy) is 2. The van der Waals surface area contributed by atoms with Gasteiger partial charge in [0.25, 0.3) is 5.92 Å². The molecular weight excluding hydrogens is 534 g/mol. The standard InChI is InChI=1S/C31H30F2N2O6/c1-18(40-16-19-9-3-2-4-10-19)27(28(36)34-15-25-26(29(37)38)31(25,32)33)35-30(39)41-17-24-22-13-7-5-11-20(22)21-12-6-8-14-23(21)24/h2-14,18,24-27H,15-17H2,1H3,(H,34,36)(H,35,39)(H,37,38)/t18?,25-,26-,27?/m1/s1. The molecule has 2 unspecified atom stereocenters. The molecule has 5 rings (SSSR count). The summed E-state index contributed by atoms with van der Waals surface area (Å²) in [5.41, 5.74) is 5.01. The van der Waals surface area contributed by atoms with Crippen molar-refractivity contribution in [2.75, 3.05) is 13.2 Å². The van der Waals surface area contributed by atoms with Gasteiger partial charge in [0.05, 0.1) is 18.6 Å². The van der Waals surface area contributed by atoms with Crippen LogP contribution >= 0.6 is 0 Å². The first kappa shape index (κ1) is 28.2. The Morgan fingerprint density at radius 3 is 2.10 bits per heavy atom. The summed E-state index contributed by atoms with van der Waals surface area (Å²) in [5, 5.41) is 13.9. The molecule has 0 heterocycles. The number of rotatable bonds is 11. The van der Waals surface area contributed by atoms with Crippen LogP contribution in [0.5, 0.6) is 0 Å². The van der Waals surface area contributed by atoms with Gasteiger partial charge >= 0.3 is 12.1 Å². The van der Waals surface area contributed by atoms with Crippen LogP contribution in [0.25, 0.3) is 11.1 Å². The Morgan fingerprint density at radius 2 is 1.51 bits per heavy atom. The average Bonchev–Trinajstić information content (AvgIpc) is 3.39. The van der Waals surface area contributed by atoms with Crippen molar-refractivity contribution in [3.8, 4) is 11.1 Å². The highest BCUT2D eigenvalue weighted by Gasteiger charge is 2.72. The van der Waals surface area contributed by atoms with Crippen molar-refractivity contribution in [2.24, 2.45) is 11.8 Å². The molecule has 3 N–H and O–H groups in total. The molecule has 1 fully saturated rings. The van der Waals surface area contributed by atoms with E-state index in [0.29, 0.717) is 0 Å². The number of benzene rings is 3. The number of carboxylic acid groups (broad SMARTS) is 1. The number of aliphatic carboxylic acids is 1. The Labute approximate surface area is 235 Å². The Bertz CT molecular complexity index is 1390. The molecule has 8 nitrogen and oxygen atoms in total. The SMILES string of the molecule is CC(OCc1ccccc1)C(NC(=O)OCC1c2ccccc2-c2ccccc21)C(=O)NC[C@@H]1[C@H](C(=O)O)C1(F)F. The van der Waals surface area contributed by atoms with E-state index in [1.165, 1.54) is 0 Å². The molecule has 4 atom stereocenters. The van der Waals surface area contributed by atoms with E-state index in [2.05, 4.69) is 10.6 Å². The molecule has 0 bridgehead atoms. The Kier molecular flexibility index (Phi) is 8.03. The van der Waals surface area contributed by atoms with Crippen molar-refractivity contribution in [1.29, 1.82) is 0 Å². The lowest BCUT2D eigenvalue weighted by atomic mass is 9.98. The third-order valence-corrected chi connectivity index (χ3v) is 7.69. The highest BCUT2D eigenvalue weighted by molar-refractivity contribution is 5.86. The van der Waals surface area contributed by atoms with Crippen LogP contribution in [-0.4, -0.2) is 54.3 Å². The van der Waals surface area contributed by atoms with Gasteiger partial charge < -0.3 is 25.2 Å². The first-order valence-electron chi connectivity index (χ1n) is 13.3. The van der Waals surface area contributed by atoms with Gasteiger partial charge in [-0.05, 0) is 34.7 Å². The summed E-state index contributed by atoms with van der Waals surface area (Å²) in [6.07, 6.45) is -1.74. The molecule has 3 aromatic rings. The summed E-state index contributed by atoms with van der Waals surface area (Å²) in [5.74, 6) is -9.41. The number of hydrogen-bond donors (Lipinski definition) is 3. The molecule has 0 radical (unpaired) electrons. The van der Waals surface area contributed by atoms with Crippen LogP contribution in [0.3, 0.4) is 0 Å². The fourth-order valence-electron chi connectivity index (χ4n) is 5.36. The number of alkyl carbamates (subject to hydrolysis) is 1. The molecule has 0 aliphatic heterocycles. The maximum Gasteiger partial charge on any atom is 0.407 e. The van der Waals surface area contributed by atoms with Crippen molar-refractivity contribution >= 4 is 18.0 Å². The lowest BCUT2D eigenvalue weighted by molar-refractivity contribution is -0.141. The number of hydrogen-bond acceptors (Lipinski definition) is 5. The predicted molar refractivity (Wildman–Crippen MR) is 145 cm³/mol. The van der Waals surface area contributed by atoms with E-state index < -0.39 is 54.4 Å². The third kappa shape index (κ3) is 5.92. The summed E-state index contributed by atoms with van der Waals surface area (Å²) in [6.45, 7) is 1.17. The normalized spacial score (nSPS) is 19.8. The van der Waals surface area contributed by atoms with E-state index in [-0.39, 0.29) is 19.1 Å². The van der Waals surface area contributed by atoms with Crippen molar-refractivity contribution in [3.63, 3.8) is 0 Å². The Hall–Kier alpha value is -4.31. The van der Waals surface area contributed by atoms with E-state index in [1.807, 2.05) is 78.9 Å². The quantitative estimate of drug-likeness (QED) is 0.314. The van der Waals surface area contributed by atoms with Gasteiger partial charge in [-0.3, -0.25) is 9.59 Å². The zero-order chi connectivity index (χ0) is 29.1. The van der Waals surface area contributed by atoms with Gasteiger partial charge in [0.1, 0.15) is 18.6 Å². The van der Waals surface area contributed by atoms with Crippen molar-refractivity contribution in [3.05, 3.63) is 95.6 Å². The van der Waals surface area contributed by atoms with Gasteiger partial charge in [-0.25, -0.2) is 13.6 Å². The maximum atomic E-state index is 13.9. The molecule has 0 spiro atoms. The number of alkyl halides is 2. The Morgan fingerprint density at radius 1 is 0.927 bits per heavy atom.